The number of esters is 1. The van der Waals surface area contributed by atoms with E-state index < -0.39 is 5.97 Å². The number of rotatable bonds is 2. The SMILES string of the molecule is COC(=O)c1ccccc1NC(=O)N1CCOc2ccc(C)cc21. The van der Waals surface area contributed by atoms with Gasteiger partial charge in [-0.1, -0.05) is 18.2 Å². The summed E-state index contributed by atoms with van der Waals surface area (Å²) in [5, 5.41) is 2.79. The zero-order chi connectivity index (χ0) is 17.1. The number of aryl methyl sites for hydroxylation is 1. The topological polar surface area (TPSA) is 67.9 Å². The molecule has 6 nitrogen and oxygen atoms in total. The fraction of sp³-hybridized carbons (Fsp3) is 0.222. The molecule has 124 valence electrons. The van der Waals surface area contributed by atoms with Gasteiger partial charge in [0, 0.05) is 0 Å². The van der Waals surface area contributed by atoms with Crippen molar-refractivity contribution in [3.63, 3.8) is 0 Å². The van der Waals surface area contributed by atoms with Crippen molar-refractivity contribution in [3.8, 4) is 5.75 Å². The number of ether oxygens (including phenoxy) is 2. The molecule has 0 radical (unpaired) electrons. The van der Waals surface area contributed by atoms with Gasteiger partial charge in [-0.3, -0.25) is 4.90 Å². The molecule has 0 spiro atoms. The van der Waals surface area contributed by atoms with Gasteiger partial charge in [0.25, 0.3) is 0 Å². The van der Waals surface area contributed by atoms with Crippen molar-refractivity contribution < 1.29 is 19.1 Å². The molecule has 1 heterocycles. The molecule has 24 heavy (non-hydrogen) atoms. The summed E-state index contributed by atoms with van der Waals surface area (Å²) in [4.78, 5) is 26.2. The molecule has 0 saturated carbocycles. The van der Waals surface area contributed by atoms with Gasteiger partial charge in [0.1, 0.15) is 12.4 Å². The van der Waals surface area contributed by atoms with E-state index in [4.69, 9.17) is 9.47 Å². The molecule has 1 aliphatic rings. The molecule has 0 bridgehead atoms. The predicted molar refractivity (Wildman–Crippen MR) is 90.8 cm³/mol. The van der Waals surface area contributed by atoms with Crippen LogP contribution in [-0.2, 0) is 4.74 Å². The molecule has 6 heteroatoms. The number of para-hydroxylation sites is 1. The molecular formula is C18H18N2O4. The number of anilines is 2. The van der Waals surface area contributed by atoms with Crippen LogP contribution < -0.4 is 15.0 Å². The number of amides is 2. The Morgan fingerprint density at radius 1 is 1.21 bits per heavy atom. The fourth-order valence-electron chi connectivity index (χ4n) is 2.60. The molecular weight excluding hydrogens is 308 g/mol. The van der Waals surface area contributed by atoms with Crippen molar-refractivity contribution in [2.24, 2.45) is 0 Å². The predicted octanol–water partition coefficient (Wildman–Crippen LogP) is 3.21. The molecule has 1 N–H and O–H groups in total. The summed E-state index contributed by atoms with van der Waals surface area (Å²) in [6, 6.07) is 12.1. The second-order valence-corrected chi connectivity index (χ2v) is 5.44. The first kappa shape index (κ1) is 15.9. The molecule has 3 rings (SSSR count). The summed E-state index contributed by atoms with van der Waals surface area (Å²) in [7, 11) is 1.31. The van der Waals surface area contributed by atoms with Gasteiger partial charge in [-0.15, -0.1) is 0 Å². The molecule has 2 amide bonds. The molecule has 0 atom stereocenters. The van der Waals surface area contributed by atoms with Crippen LogP contribution >= 0.6 is 0 Å². The van der Waals surface area contributed by atoms with Crippen LogP contribution in [0.2, 0.25) is 0 Å². The summed E-state index contributed by atoms with van der Waals surface area (Å²) in [5.74, 6) is 0.173. The van der Waals surface area contributed by atoms with E-state index >= 15 is 0 Å². The maximum absolute atomic E-state index is 12.7. The first-order valence-electron chi connectivity index (χ1n) is 7.59. The Morgan fingerprint density at radius 2 is 2.00 bits per heavy atom. The zero-order valence-corrected chi connectivity index (χ0v) is 13.5. The Bertz CT molecular complexity index is 788. The molecule has 0 aliphatic carbocycles. The van der Waals surface area contributed by atoms with E-state index in [2.05, 4.69) is 5.32 Å². The molecule has 2 aromatic rings. The van der Waals surface area contributed by atoms with Crippen LogP contribution in [0.15, 0.2) is 42.5 Å². The maximum atomic E-state index is 12.7. The van der Waals surface area contributed by atoms with E-state index in [1.165, 1.54) is 7.11 Å². The minimum absolute atomic E-state index is 0.311. The quantitative estimate of drug-likeness (QED) is 0.861. The lowest BCUT2D eigenvalue weighted by Gasteiger charge is -2.30. The van der Waals surface area contributed by atoms with E-state index in [-0.39, 0.29) is 6.03 Å². The Labute approximate surface area is 140 Å². The van der Waals surface area contributed by atoms with Crippen molar-refractivity contribution in [2.75, 3.05) is 30.5 Å². The number of hydrogen-bond donors (Lipinski definition) is 1. The van der Waals surface area contributed by atoms with Gasteiger partial charge in [-0.05, 0) is 36.8 Å². The van der Waals surface area contributed by atoms with Gasteiger partial charge in [-0.2, -0.15) is 0 Å². The lowest BCUT2D eigenvalue weighted by atomic mass is 10.1. The summed E-state index contributed by atoms with van der Waals surface area (Å²) < 4.78 is 10.3. The second kappa shape index (κ2) is 6.62. The Morgan fingerprint density at radius 3 is 2.79 bits per heavy atom. The summed E-state index contributed by atoms with van der Waals surface area (Å²) >= 11 is 0. The first-order valence-corrected chi connectivity index (χ1v) is 7.59. The van der Waals surface area contributed by atoms with Crippen LogP contribution in [0.4, 0.5) is 16.2 Å². The Hall–Kier alpha value is -3.02. The van der Waals surface area contributed by atoms with Gasteiger partial charge in [-0.25, -0.2) is 9.59 Å². The molecule has 2 aromatic carbocycles. The number of carbonyl (C=O) groups is 2. The first-order chi connectivity index (χ1) is 11.6. The van der Waals surface area contributed by atoms with Crippen LogP contribution in [0.5, 0.6) is 5.75 Å². The molecule has 0 saturated heterocycles. The molecule has 0 unspecified atom stereocenters. The van der Waals surface area contributed by atoms with Crippen LogP contribution in [-0.4, -0.2) is 32.3 Å². The highest BCUT2D eigenvalue weighted by molar-refractivity contribution is 6.06. The molecule has 0 aromatic heterocycles. The number of urea groups is 1. The highest BCUT2D eigenvalue weighted by atomic mass is 16.5. The van der Waals surface area contributed by atoms with E-state index in [9.17, 15) is 9.59 Å². The van der Waals surface area contributed by atoms with Crippen molar-refractivity contribution in [1.29, 1.82) is 0 Å². The average Bonchev–Trinajstić information content (AvgIpc) is 2.60. The normalized spacial score (nSPS) is 12.8. The van der Waals surface area contributed by atoms with Crippen molar-refractivity contribution >= 4 is 23.4 Å². The number of carbonyl (C=O) groups excluding carboxylic acids is 2. The van der Waals surface area contributed by atoms with Gasteiger partial charge < -0.3 is 14.8 Å². The summed E-state index contributed by atoms with van der Waals surface area (Å²) in [6.07, 6.45) is 0. The zero-order valence-electron chi connectivity index (χ0n) is 13.5. The number of benzene rings is 2. The molecule has 0 fully saturated rings. The monoisotopic (exact) mass is 326 g/mol. The smallest absolute Gasteiger partial charge is 0.339 e. The third kappa shape index (κ3) is 3.03. The van der Waals surface area contributed by atoms with Crippen LogP contribution in [0.3, 0.4) is 0 Å². The Balaban J connectivity index is 1.88. The number of methoxy groups -OCH3 is 1. The van der Waals surface area contributed by atoms with E-state index in [0.717, 1.165) is 5.56 Å². The lowest BCUT2D eigenvalue weighted by Crippen LogP contribution is -2.41. The van der Waals surface area contributed by atoms with Crippen molar-refractivity contribution in [2.45, 2.75) is 6.92 Å². The number of nitrogens with one attached hydrogen (secondary N) is 1. The number of hydrogen-bond acceptors (Lipinski definition) is 4. The average molecular weight is 326 g/mol. The third-order valence-electron chi connectivity index (χ3n) is 3.80. The molecule has 1 aliphatic heterocycles. The maximum Gasteiger partial charge on any atom is 0.339 e. The van der Waals surface area contributed by atoms with Crippen LogP contribution in [0.25, 0.3) is 0 Å². The number of nitrogens with zero attached hydrogens (tertiary/aromatic N) is 1. The van der Waals surface area contributed by atoms with Gasteiger partial charge >= 0.3 is 12.0 Å². The fourth-order valence-corrected chi connectivity index (χ4v) is 2.60. The minimum Gasteiger partial charge on any atom is -0.490 e. The Kier molecular flexibility index (Phi) is 4.37. The third-order valence-corrected chi connectivity index (χ3v) is 3.80. The summed E-state index contributed by atoms with van der Waals surface area (Å²) in [6.45, 7) is 2.81. The summed E-state index contributed by atoms with van der Waals surface area (Å²) in [5.41, 5.74) is 2.47. The van der Waals surface area contributed by atoms with Crippen molar-refractivity contribution in [3.05, 3.63) is 53.6 Å². The largest absolute Gasteiger partial charge is 0.490 e. The van der Waals surface area contributed by atoms with Crippen LogP contribution in [0.1, 0.15) is 15.9 Å². The highest BCUT2D eigenvalue weighted by Crippen LogP contribution is 2.33. The number of fused-ring (bicyclic) bond motifs is 1. The van der Waals surface area contributed by atoms with Gasteiger partial charge in [0.2, 0.25) is 0 Å². The standard InChI is InChI=1S/C18H18N2O4/c1-12-7-8-16-15(11-12)20(9-10-24-16)18(22)19-14-6-4-3-5-13(14)17(21)23-2/h3-8,11H,9-10H2,1-2H3,(H,19,22). The van der Waals surface area contributed by atoms with E-state index in [1.54, 1.807) is 29.2 Å². The van der Waals surface area contributed by atoms with Gasteiger partial charge in [0.05, 0.1) is 30.6 Å². The van der Waals surface area contributed by atoms with E-state index in [1.807, 2.05) is 25.1 Å². The highest BCUT2D eigenvalue weighted by Gasteiger charge is 2.25. The van der Waals surface area contributed by atoms with E-state index in [0.29, 0.717) is 35.8 Å². The second-order valence-electron chi connectivity index (χ2n) is 5.44. The lowest BCUT2D eigenvalue weighted by molar-refractivity contribution is 0.0602. The van der Waals surface area contributed by atoms with Gasteiger partial charge in [0.15, 0.2) is 0 Å². The van der Waals surface area contributed by atoms with Crippen LogP contribution in [0, 0.1) is 6.92 Å². The minimum atomic E-state index is -0.496. The van der Waals surface area contributed by atoms with Crippen molar-refractivity contribution in [1.82, 2.24) is 0 Å².